The van der Waals surface area contributed by atoms with Crippen molar-refractivity contribution in [2.75, 3.05) is 19.6 Å². The number of hydrogen-bond acceptors (Lipinski definition) is 3. The molecule has 0 bridgehead atoms. The fraction of sp³-hybridized carbons (Fsp3) is 0.368. The molecule has 1 unspecified atom stereocenters. The Bertz CT molecular complexity index is 607. The van der Waals surface area contributed by atoms with Crippen molar-refractivity contribution in [1.82, 2.24) is 15.6 Å². The van der Waals surface area contributed by atoms with Crippen LogP contribution in [-0.2, 0) is 6.42 Å². The molecule has 2 rings (SSSR count). The Balaban J connectivity index is 0.00000312. The molecule has 1 aromatic carbocycles. The zero-order valence-corrected chi connectivity index (χ0v) is 17.1. The summed E-state index contributed by atoms with van der Waals surface area (Å²) in [5.41, 5.74) is 1.07. The van der Waals surface area contributed by atoms with E-state index in [9.17, 15) is 0 Å². The lowest BCUT2D eigenvalue weighted by Crippen LogP contribution is -2.39. The molecule has 0 fully saturated rings. The molecule has 0 amide bonds. The standard InChI is InChI=1S/C19H26N4O.HI/c1-3-20-19(22-14-12-17-9-7-8-13-21-17)23-15-16(2)24-18-10-5-4-6-11-18;/h4-11,13,16H,3,12,14-15H2,1-2H3,(H2,20,22,23);1H. The second-order valence-corrected chi connectivity index (χ2v) is 5.46. The van der Waals surface area contributed by atoms with Crippen LogP contribution in [0.3, 0.4) is 0 Å². The fourth-order valence-electron chi connectivity index (χ4n) is 2.19. The first-order valence-corrected chi connectivity index (χ1v) is 8.41. The first-order chi connectivity index (χ1) is 11.8. The van der Waals surface area contributed by atoms with E-state index in [4.69, 9.17) is 4.74 Å². The summed E-state index contributed by atoms with van der Waals surface area (Å²) in [5.74, 6) is 1.67. The van der Waals surface area contributed by atoms with E-state index in [0.29, 0.717) is 6.54 Å². The third-order valence-electron chi connectivity index (χ3n) is 3.33. The molecule has 6 heteroatoms. The molecule has 5 nitrogen and oxygen atoms in total. The van der Waals surface area contributed by atoms with Gasteiger partial charge in [-0.2, -0.15) is 0 Å². The molecule has 1 aromatic heterocycles. The van der Waals surface area contributed by atoms with Crippen molar-refractivity contribution in [2.45, 2.75) is 26.4 Å². The number of ether oxygens (including phenoxy) is 1. The van der Waals surface area contributed by atoms with E-state index < -0.39 is 0 Å². The summed E-state index contributed by atoms with van der Waals surface area (Å²) in [6.45, 7) is 6.28. The van der Waals surface area contributed by atoms with Crippen molar-refractivity contribution < 1.29 is 4.74 Å². The lowest BCUT2D eigenvalue weighted by Gasteiger charge is -2.15. The van der Waals surface area contributed by atoms with Gasteiger partial charge in [0, 0.05) is 31.4 Å². The highest BCUT2D eigenvalue weighted by Gasteiger charge is 2.04. The third-order valence-corrected chi connectivity index (χ3v) is 3.33. The maximum absolute atomic E-state index is 5.84. The number of hydrogen-bond donors (Lipinski definition) is 2. The lowest BCUT2D eigenvalue weighted by molar-refractivity contribution is 0.230. The molecular formula is C19H27IN4O. The van der Waals surface area contributed by atoms with Gasteiger partial charge in [-0.25, -0.2) is 4.99 Å². The SMILES string of the molecule is CCNC(=NCC(C)Oc1ccccc1)NCCc1ccccn1.I. The zero-order valence-electron chi connectivity index (χ0n) is 14.8. The number of aliphatic imine (C=N–C) groups is 1. The predicted molar refractivity (Wildman–Crippen MR) is 114 cm³/mol. The Morgan fingerprint density at radius 3 is 2.56 bits per heavy atom. The highest BCUT2D eigenvalue weighted by molar-refractivity contribution is 14.0. The monoisotopic (exact) mass is 454 g/mol. The zero-order chi connectivity index (χ0) is 17.0. The predicted octanol–water partition coefficient (Wildman–Crippen LogP) is 3.26. The summed E-state index contributed by atoms with van der Waals surface area (Å²) in [7, 11) is 0. The Labute approximate surface area is 167 Å². The summed E-state index contributed by atoms with van der Waals surface area (Å²) in [5, 5.41) is 6.58. The maximum Gasteiger partial charge on any atom is 0.191 e. The van der Waals surface area contributed by atoms with Crippen LogP contribution in [0, 0.1) is 0 Å². The molecule has 1 atom stereocenters. The van der Waals surface area contributed by atoms with E-state index in [2.05, 4.69) is 27.5 Å². The summed E-state index contributed by atoms with van der Waals surface area (Å²) in [4.78, 5) is 8.91. The van der Waals surface area contributed by atoms with Crippen molar-refractivity contribution >= 4 is 29.9 Å². The van der Waals surface area contributed by atoms with Crippen molar-refractivity contribution in [1.29, 1.82) is 0 Å². The van der Waals surface area contributed by atoms with Crippen LogP contribution in [0.25, 0.3) is 0 Å². The van der Waals surface area contributed by atoms with Crippen LogP contribution < -0.4 is 15.4 Å². The van der Waals surface area contributed by atoms with Crippen molar-refractivity contribution in [2.24, 2.45) is 4.99 Å². The topological polar surface area (TPSA) is 58.5 Å². The maximum atomic E-state index is 5.84. The summed E-state index contributed by atoms with van der Waals surface area (Å²) in [6, 6.07) is 15.8. The molecular weight excluding hydrogens is 427 g/mol. The van der Waals surface area contributed by atoms with Gasteiger partial charge in [-0.05, 0) is 38.1 Å². The van der Waals surface area contributed by atoms with Gasteiger partial charge in [0.2, 0.25) is 0 Å². The molecule has 0 aliphatic rings. The van der Waals surface area contributed by atoms with Gasteiger partial charge in [-0.1, -0.05) is 24.3 Å². The van der Waals surface area contributed by atoms with Crippen molar-refractivity contribution in [3.63, 3.8) is 0 Å². The number of rotatable bonds is 8. The first kappa shape index (κ1) is 21.2. The Hall–Kier alpha value is -1.83. The lowest BCUT2D eigenvalue weighted by atomic mass is 10.3. The number of nitrogens with zero attached hydrogens (tertiary/aromatic N) is 2. The van der Waals surface area contributed by atoms with Gasteiger partial charge in [0.15, 0.2) is 5.96 Å². The molecule has 0 saturated heterocycles. The molecule has 0 aliphatic carbocycles. The molecule has 25 heavy (non-hydrogen) atoms. The number of para-hydroxylation sites is 1. The number of aromatic nitrogens is 1. The number of guanidine groups is 1. The average molecular weight is 454 g/mol. The van der Waals surface area contributed by atoms with Crippen LogP contribution in [0.4, 0.5) is 0 Å². The fourth-order valence-corrected chi connectivity index (χ4v) is 2.19. The van der Waals surface area contributed by atoms with Crippen LogP contribution in [0.5, 0.6) is 5.75 Å². The third kappa shape index (κ3) is 8.72. The summed E-state index contributed by atoms with van der Waals surface area (Å²) in [6.07, 6.45) is 2.69. The average Bonchev–Trinajstić information content (AvgIpc) is 2.61. The number of nitrogens with one attached hydrogen (secondary N) is 2. The minimum absolute atomic E-state index is 0. The van der Waals surface area contributed by atoms with E-state index in [-0.39, 0.29) is 30.1 Å². The first-order valence-electron chi connectivity index (χ1n) is 8.41. The molecule has 0 aliphatic heterocycles. The molecule has 0 spiro atoms. The molecule has 1 heterocycles. The van der Waals surface area contributed by atoms with Crippen LogP contribution >= 0.6 is 24.0 Å². The van der Waals surface area contributed by atoms with Gasteiger partial charge >= 0.3 is 0 Å². The van der Waals surface area contributed by atoms with Gasteiger partial charge in [0.1, 0.15) is 11.9 Å². The molecule has 0 radical (unpaired) electrons. The van der Waals surface area contributed by atoms with Gasteiger partial charge < -0.3 is 15.4 Å². The molecule has 2 N–H and O–H groups in total. The van der Waals surface area contributed by atoms with Gasteiger partial charge in [0.25, 0.3) is 0 Å². The van der Waals surface area contributed by atoms with Gasteiger partial charge in [0.05, 0.1) is 6.54 Å². The summed E-state index contributed by atoms with van der Waals surface area (Å²) >= 11 is 0. The second kappa shape index (κ2) is 12.5. The molecule has 2 aromatic rings. The minimum atomic E-state index is 0. The number of halogens is 1. The highest BCUT2D eigenvalue weighted by atomic mass is 127. The van der Waals surface area contributed by atoms with E-state index in [1.807, 2.05) is 61.7 Å². The largest absolute Gasteiger partial charge is 0.489 e. The van der Waals surface area contributed by atoms with Crippen molar-refractivity contribution in [3.8, 4) is 5.75 Å². The smallest absolute Gasteiger partial charge is 0.191 e. The van der Waals surface area contributed by atoms with Crippen LogP contribution in [-0.4, -0.2) is 36.7 Å². The molecule has 136 valence electrons. The Morgan fingerprint density at radius 1 is 1.12 bits per heavy atom. The highest BCUT2D eigenvalue weighted by Crippen LogP contribution is 2.10. The van der Waals surface area contributed by atoms with Gasteiger partial charge in [-0.3, -0.25) is 4.98 Å². The van der Waals surface area contributed by atoms with Crippen LogP contribution in [0.15, 0.2) is 59.7 Å². The second-order valence-electron chi connectivity index (χ2n) is 5.46. The van der Waals surface area contributed by atoms with E-state index in [1.54, 1.807) is 0 Å². The summed E-state index contributed by atoms with van der Waals surface area (Å²) < 4.78 is 5.84. The van der Waals surface area contributed by atoms with Crippen molar-refractivity contribution in [3.05, 3.63) is 60.4 Å². The molecule has 0 saturated carbocycles. The quantitative estimate of drug-likeness (QED) is 0.365. The van der Waals surface area contributed by atoms with E-state index >= 15 is 0 Å². The number of pyridine rings is 1. The van der Waals surface area contributed by atoms with E-state index in [0.717, 1.165) is 36.9 Å². The Kier molecular flexibility index (Phi) is 10.6. The normalized spacial score (nSPS) is 12.0. The van der Waals surface area contributed by atoms with Crippen LogP contribution in [0.1, 0.15) is 19.5 Å². The van der Waals surface area contributed by atoms with Crippen LogP contribution in [0.2, 0.25) is 0 Å². The van der Waals surface area contributed by atoms with E-state index in [1.165, 1.54) is 0 Å². The number of benzene rings is 1. The van der Waals surface area contributed by atoms with Gasteiger partial charge in [-0.15, -0.1) is 24.0 Å². The minimum Gasteiger partial charge on any atom is -0.489 e. The Morgan fingerprint density at radius 2 is 1.88 bits per heavy atom.